The molecular formula is C16H23N3O2. The summed E-state index contributed by atoms with van der Waals surface area (Å²) in [5, 5.41) is 2.98. The highest BCUT2D eigenvalue weighted by Crippen LogP contribution is 2.18. The second-order valence-corrected chi connectivity index (χ2v) is 5.52. The van der Waals surface area contributed by atoms with Gasteiger partial charge < -0.3 is 15.1 Å². The second kappa shape index (κ2) is 6.61. The molecule has 0 aliphatic carbocycles. The summed E-state index contributed by atoms with van der Waals surface area (Å²) in [6, 6.07) is 5.80. The molecule has 0 unspecified atom stereocenters. The zero-order valence-corrected chi connectivity index (χ0v) is 13.0. The summed E-state index contributed by atoms with van der Waals surface area (Å²) in [6.07, 6.45) is 0.819. The van der Waals surface area contributed by atoms with E-state index in [4.69, 9.17) is 0 Å². The Labute approximate surface area is 125 Å². The summed E-state index contributed by atoms with van der Waals surface area (Å²) in [5.41, 5.74) is 3.10. The molecule has 1 aliphatic heterocycles. The first kappa shape index (κ1) is 15.4. The lowest BCUT2D eigenvalue weighted by Gasteiger charge is -2.22. The van der Waals surface area contributed by atoms with Crippen LogP contribution in [0, 0.1) is 13.8 Å². The van der Waals surface area contributed by atoms with E-state index in [2.05, 4.69) is 5.32 Å². The first-order valence-electron chi connectivity index (χ1n) is 7.36. The van der Waals surface area contributed by atoms with E-state index in [9.17, 15) is 9.59 Å². The number of nitrogens with zero attached hydrogens (tertiary/aromatic N) is 2. The van der Waals surface area contributed by atoms with E-state index < -0.39 is 0 Å². The van der Waals surface area contributed by atoms with Gasteiger partial charge in [-0.1, -0.05) is 12.1 Å². The van der Waals surface area contributed by atoms with E-state index in [-0.39, 0.29) is 11.9 Å². The summed E-state index contributed by atoms with van der Waals surface area (Å²) in [4.78, 5) is 27.4. The normalized spacial score (nSPS) is 15.6. The summed E-state index contributed by atoms with van der Waals surface area (Å²) in [5.74, 6) is 0.0757. The van der Waals surface area contributed by atoms with Crippen molar-refractivity contribution in [1.29, 1.82) is 0 Å². The van der Waals surface area contributed by atoms with E-state index in [0.29, 0.717) is 19.6 Å². The van der Waals surface area contributed by atoms with Gasteiger partial charge in [0.2, 0.25) is 5.91 Å². The Morgan fingerprint density at radius 1 is 1.05 bits per heavy atom. The lowest BCUT2D eigenvalue weighted by molar-refractivity contribution is -0.128. The Morgan fingerprint density at radius 3 is 2.43 bits per heavy atom. The number of rotatable bonds is 1. The second-order valence-electron chi connectivity index (χ2n) is 5.52. The average molecular weight is 289 g/mol. The van der Waals surface area contributed by atoms with E-state index >= 15 is 0 Å². The summed E-state index contributed by atoms with van der Waals surface area (Å²) < 4.78 is 0. The largest absolute Gasteiger partial charge is 0.341 e. The number of amides is 3. The monoisotopic (exact) mass is 289 g/mol. The first-order chi connectivity index (χ1) is 9.99. The molecule has 0 aromatic heterocycles. The number of carbonyl (C=O) groups is 2. The molecule has 5 nitrogen and oxygen atoms in total. The molecule has 1 aromatic carbocycles. The van der Waals surface area contributed by atoms with Crippen LogP contribution in [0.5, 0.6) is 0 Å². The topological polar surface area (TPSA) is 52.7 Å². The number of nitrogens with one attached hydrogen (secondary N) is 1. The molecule has 0 saturated carbocycles. The third-order valence-corrected chi connectivity index (χ3v) is 4.07. The number of hydrogen-bond donors (Lipinski definition) is 1. The number of urea groups is 1. The van der Waals surface area contributed by atoms with Crippen molar-refractivity contribution >= 4 is 17.6 Å². The molecule has 114 valence electrons. The summed E-state index contributed by atoms with van der Waals surface area (Å²) >= 11 is 0. The molecule has 1 saturated heterocycles. The van der Waals surface area contributed by atoms with Crippen molar-refractivity contribution in [3.05, 3.63) is 29.3 Å². The van der Waals surface area contributed by atoms with Gasteiger partial charge in [0.25, 0.3) is 0 Å². The molecule has 3 amide bonds. The van der Waals surface area contributed by atoms with Crippen molar-refractivity contribution in [1.82, 2.24) is 9.80 Å². The highest BCUT2D eigenvalue weighted by Gasteiger charge is 2.20. The number of aryl methyl sites for hydroxylation is 1. The molecule has 5 heteroatoms. The Bertz CT molecular complexity index is 542. The van der Waals surface area contributed by atoms with Crippen LogP contribution in [-0.4, -0.2) is 47.9 Å². The van der Waals surface area contributed by atoms with Crippen LogP contribution in [0.3, 0.4) is 0 Å². The third-order valence-electron chi connectivity index (χ3n) is 4.07. The van der Waals surface area contributed by atoms with Gasteiger partial charge >= 0.3 is 6.03 Å². The lowest BCUT2D eigenvalue weighted by Crippen LogP contribution is -2.39. The molecule has 1 aromatic rings. The van der Waals surface area contributed by atoms with Gasteiger partial charge in [-0.15, -0.1) is 0 Å². The van der Waals surface area contributed by atoms with E-state index in [0.717, 1.165) is 29.8 Å². The van der Waals surface area contributed by atoms with Crippen molar-refractivity contribution < 1.29 is 9.59 Å². The molecule has 1 heterocycles. The van der Waals surface area contributed by atoms with Crippen LogP contribution in [0.4, 0.5) is 10.5 Å². The summed E-state index contributed by atoms with van der Waals surface area (Å²) in [7, 11) is 0. The van der Waals surface area contributed by atoms with E-state index in [1.807, 2.05) is 32.0 Å². The fourth-order valence-corrected chi connectivity index (χ4v) is 2.52. The minimum Gasteiger partial charge on any atom is -0.341 e. The molecule has 2 rings (SSSR count). The lowest BCUT2D eigenvalue weighted by atomic mass is 10.1. The predicted molar refractivity (Wildman–Crippen MR) is 83.4 cm³/mol. The molecule has 0 radical (unpaired) electrons. The highest BCUT2D eigenvalue weighted by molar-refractivity contribution is 5.90. The maximum Gasteiger partial charge on any atom is 0.321 e. The van der Waals surface area contributed by atoms with Gasteiger partial charge in [-0.3, -0.25) is 4.79 Å². The van der Waals surface area contributed by atoms with Gasteiger partial charge in [0, 0.05) is 38.8 Å². The van der Waals surface area contributed by atoms with Gasteiger partial charge in [-0.05, 0) is 37.5 Å². The highest BCUT2D eigenvalue weighted by atomic mass is 16.2. The smallest absolute Gasteiger partial charge is 0.321 e. The van der Waals surface area contributed by atoms with Crippen LogP contribution in [0.2, 0.25) is 0 Å². The van der Waals surface area contributed by atoms with Crippen LogP contribution in [0.15, 0.2) is 18.2 Å². The van der Waals surface area contributed by atoms with Crippen LogP contribution in [-0.2, 0) is 4.79 Å². The number of hydrogen-bond acceptors (Lipinski definition) is 2. The molecule has 0 atom stereocenters. The SMILES string of the molecule is CC(=O)N1CCCN(C(=O)Nc2cccc(C)c2C)CC1. The number of anilines is 1. The van der Waals surface area contributed by atoms with E-state index in [1.165, 1.54) is 0 Å². The average Bonchev–Trinajstić information content (AvgIpc) is 2.70. The van der Waals surface area contributed by atoms with Gasteiger partial charge in [0.05, 0.1) is 0 Å². The molecule has 0 spiro atoms. The number of carbonyl (C=O) groups excluding carboxylic acids is 2. The number of benzene rings is 1. The van der Waals surface area contributed by atoms with Crippen LogP contribution in [0.1, 0.15) is 24.5 Å². The van der Waals surface area contributed by atoms with Crippen molar-refractivity contribution in [2.75, 3.05) is 31.5 Å². The van der Waals surface area contributed by atoms with Crippen molar-refractivity contribution in [2.45, 2.75) is 27.2 Å². The molecule has 21 heavy (non-hydrogen) atoms. The Hall–Kier alpha value is -2.04. The molecule has 1 N–H and O–H groups in total. The Kier molecular flexibility index (Phi) is 4.83. The summed E-state index contributed by atoms with van der Waals surface area (Å²) in [6.45, 7) is 8.20. The maximum atomic E-state index is 12.4. The minimum absolute atomic E-state index is 0.0757. The Morgan fingerprint density at radius 2 is 1.71 bits per heavy atom. The van der Waals surface area contributed by atoms with Gasteiger partial charge in [0.15, 0.2) is 0 Å². The van der Waals surface area contributed by atoms with Crippen LogP contribution >= 0.6 is 0 Å². The molecule has 0 bridgehead atoms. The van der Waals surface area contributed by atoms with Gasteiger partial charge in [0.1, 0.15) is 0 Å². The predicted octanol–water partition coefficient (Wildman–Crippen LogP) is 2.39. The van der Waals surface area contributed by atoms with E-state index in [1.54, 1.807) is 16.7 Å². The van der Waals surface area contributed by atoms with Crippen molar-refractivity contribution in [3.63, 3.8) is 0 Å². The standard InChI is InChI=1S/C16H23N3O2/c1-12-6-4-7-15(13(12)2)17-16(21)19-9-5-8-18(10-11-19)14(3)20/h4,6-7H,5,8-11H2,1-3H3,(H,17,21). The fourth-order valence-electron chi connectivity index (χ4n) is 2.52. The van der Waals surface area contributed by atoms with Crippen LogP contribution in [0.25, 0.3) is 0 Å². The van der Waals surface area contributed by atoms with Crippen molar-refractivity contribution in [3.8, 4) is 0 Å². The first-order valence-corrected chi connectivity index (χ1v) is 7.36. The molecule has 1 fully saturated rings. The maximum absolute atomic E-state index is 12.4. The van der Waals surface area contributed by atoms with Gasteiger partial charge in [-0.25, -0.2) is 4.79 Å². The molecule has 1 aliphatic rings. The van der Waals surface area contributed by atoms with Crippen LogP contribution < -0.4 is 5.32 Å². The fraction of sp³-hybridized carbons (Fsp3) is 0.500. The quantitative estimate of drug-likeness (QED) is 0.863. The third kappa shape index (κ3) is 3.74. The Balaban J connectivity index is 2.00. The van der Waals surface area contributed by atoms with Crippen molar-refractivity contribution in [2.24, 2.45) is 0 Å². The van der Waals surface area contributed by atoms with Gasteiger partial charge in [-0.2, -0.15) is 0 Å². The molecular weight excluding hydrogens is 266 g/mol. The zero-order chi connectivity index (χ0) is 15.4. The minimum atomic E-state index is -0.0888. The zero-order valence-electron chi connectivity index (χ0n) is 13.0.